The summed E-state index contributed by atoms with van der Waals surface area (Å²) in [6.07, 6.45) is 4.68. The molecule has 0 spiro atoms. The van der Waals surface area contributed by atoms with E-state index in [0.717, 1.165) is 13.0 Å². The second-order valence-corrected chi connectivity index (χ2v) is 3.99. The molecule has 5 heteroatoms. The first-order valence-electron chi connectivity index (χ1n) is 5.95. The Balaban J connectivity index is 2.51. The van der Waals surface area contributed by atoms with Gasteiger partial charge in [-0.15, -0.1) is 0 Å². The molecule has 5 N–H and O–H groups in total. The molecule has 0 radical (unpaired) electrons. The van der Waals surface area contributed by atoms with Crippen LogP contribution < -0.4 is 16.8 Å². The van der Waals surface area contributed by atoms with Gasteiger partial charge in [0.1, 0.15) is 11.5 Å². The fourth-order valence-corrected chi connectivity index (χ4v) is 1.51. The van der Waals surface area contributed by atoms with Crippen LogP contribution in [0.4, 0.5) is 11.5 Å². The maximum atomic E-state index is 11.0. The van der Waals surface area contributed by atoms with Crippen LogP contribution >= 0.6 is 0 Å². The number of hydrogen-bond donors (Lipinski definition) is 3. The van der Waals surface area contributed by atoms with Gasteiger partial charge >= 0.3 is 0 Å². The maximum Gasteiger partial charge on any atom is 0.267 e. The third kappa shape index (κ3) is 4.30. The zero-order valence-electron chi connectivity index (χ0n) is 10.2. The molecule has 1 aromatic rings. The van der Waals surface area contributed by atoms with E-state index in [0.29, 0.717) is 11.5 Å². The number of anilines is 2. The van der Waals surface area contributed by atoms with E-state index in [2.05, 4.69) is 17.2 Å². The number of rotatable bonds is 7. The summed E-state index contributed by atoms with van der Waals surface area (Å²) >= 11 is 0. The lowest BCUT2D eigenvalue weighted by molar-refractivity contribution is 0.0996. The van der Waals surface area contributed by atoms with Crippen molar-refractivity contribution in [1.29, 1.82) is 0 Å². The second-order valence-electron chi connectivity index (χ2n) is 3.99. The molecule has 1 rings (SSSR count). The van der Waals surface area contributed by atoms with Gasteiger partial charge in [0.25, 0.3) is 5.91 Å². The number of pyridine rings is 1. The minimum Gasteiger partial charge on any atom is -0.396 e. The zero-order valence-corrected chi connectivity index (χ0v) is 10.2. The number of unbranched alkanes of at least 4 members (excludes halogenated alkanes) is 3. The van der Waals surface area contributed by atoms with Crippen molar-refractivity contribution in [2.45, 2.75) is 32.6 Å². The molecule has 1 heterocycles. The topological polar surface area (TPSA) is 94.0 Å². The van der Waals surface area contributed by atoms with Gasteiger partial charge in [-0.05, 0) is 18.6 Å². The first-order chi connectivity index (χ1) is 8.15. The molecule has 0 aliphatic rings. The monoisotopic (exact) mass is 236 g/mol. The fourth-order valence-electron chi connectivity index (χ4n) is 1.51. The predicted octanol–water partition coefficient (Wildman–Crippen LogP) is 1.75. The third-order valence-electron chi connectivity index (χ3n) is 2.50. The van der Waals surface area contributed by atoms with Crippen molar-refractivity contribution in [2.24, 2.45) is 5.73 Å². The molecule has 1 amide bonds. The summed E-state index contributed by atoms with van der Waals surface area (Å²) < 4.78 is 0. The number of hydrogen-bond acceptors (Lipinski definition) is 4. The van der Waals surface area contributed by atoms with E-state index in [1.807, 2.05) is 0 Å². The highest BCUT2D eigenvalue weighted by molar-refractivity contribution is 5.91. The van der Waals surface area contributed by atoms with E-state index in [-0.39, 0.29) is 5.69 Å². The van der Waals surface area contributed by atoms with E-state index in [4.69, 9.17) is 11.5 Å². The van der Waals surface area contributed by atoms with E-state index in [1.54, 1.807) is 6.07 Å². The van der Waals surface area contributed by atoms with Gasteiger partial charge in [0.05, 0.1) is 5.69 Å². The molecule has 1 aromatic heterocycles. The number of nitrogen functional groups attached to an aromatic ring is 1. The summed E-state index contributed by atoms with van der Waals surface area (Å²) in [5, 5.41) is 3.12. The molecule has 94 valence electrons. The number of nitrogens with one attached hydrogen (secondary N) is 1. The van der Waals surface area contributed by atoms with Crippen LogP contribution in [0, 0.1) is 0 Å². The highest BCUT2D eigenvalue weighted by Gasteiger charge is 2.06. The normalized spacial score (nSPS) is 10.2. The average molecular weight is 236 g/mol. The number of primary amides is 1. The molecule has 0 saturated carbocycles. The molecule has 0 unspecified atom stereocenters. The van der Waals surface area contributed by atoms with E-state index < -0.39 is 5.91 Å². The van der Waals surface area contributed by atoms with E-state index in [1.165, 1.54) is 25.3 Å². The number of amides is 1. The number of carbonyl (C=O) groups is 1. The van der Waals surface area contributed by atoms with Crippen LogP contribution in [-0.4, -0.2) is 17.4 Å². The molecule has 17 heavy (non-hydrogen) atoms. The van der Waals surface area contributed by atoms with Gasteiger partial charge in [-0.25, -0.2) is 4.98 Å². The first kappa shape index (κ1) is 13.3. The Kier molecular flexibility index (Phi) is 5.26. The van der Waals surface area contributed by atoms with Gasteiger partial charge in [0, 0.05) is 6.54 Å². The van der Waals surface area contributed by atoms with Crippen LogP contribution in [-0.2, 0) is 0 Å². The minimum atomic E-state index is -0.543. The maximum absolute atomic E-state index is 11.0. The fraction of sp³-hybridized carbons (Fsp3) is 0.500. The Labute approximate surface area is 102 Å². The van der Waals surface area contributed by atoms with Crippen molar-refractivity contribution < 1.29 is 4.79 Å². The summed E-state index contributed by atoms with van der Waals surface area (Å²) in [6.45, 7) is 2.97. The molecule has 0 fully saturated rings. The standard InChI is InChI=1S/C12H20N4O/c1-2-3-4-5-8-15-12-9(13)6-7-10(16-12)11(14)17/h6-7H,2-5,8,13H2,1H3,(H2,14,17)(H,15,16). The van der Waals surface area contributed by atoms with Gasteiger partial charge in [-0.2, -0.15) is 0 Å². The van der Waals surface area contributed by atoms with Gasteiger partial charge in [0.2, 0.25) is 0 Å². The molecular weight excluding hydrogens is 216 g/mol. The van der Waals surface area contributed by atoms with Crippen molar-refractivity contribution >= 4 is 17.4 Å². The molecule has 0 saturated heterocycles. The highest BCUT2D eigenvalue weighted by atomic mass is 16.1. The molecule has 0 aromatic carbocycles. The quantitative estimate of drug-likeness (QED) is 0.629. The van der Waals surface area contributed by atoms with Crippen LogP contribution in [0.15, 0.2) is 12.1 Å². The van der Waals surface area contributed by atoms with Crippen LogP contribution in [0.1, 0.15) is 43.1 Å². The lowest BCUT2D eigenvalue weighted by atomic mass is 10.2. The Morgan fingerprint density at radius 3 is 2.76 bits per heavy atom. The average Bonchev–Trinajstić information content (AvgIpc) is 2.30. The van der Waals surface area contributed by atoms with E-state index >= 15 is 0 Å². The second kappa shape index (κ2) is 6.73. The number of nitrogens with two attached hydrogens (primary N) is 2. The minimum absolute atomic E-state index is 0.232. The van der Waals surface area contributed by atoms with Gasteiger partial charge < -0.3 is 16.8 Å². The van der Waals surface area contributed by atoms with Crippen molar-refractivity contribution in [3.63, 3.8) is 0 Å². The van der Waals surface area contributed by atoms with Crippen LogP contribution in [0.2, 0.25) is 0 Å². The molecule has 0 bridgehead atoms. The van der Waals surface area contributed by atoms with Crippen LogP contribution in [0.5, 0.6) is 0 Å². The van der Waals surface area contributed by atoms with Crippen LogP contribution in [0.25, 0.3) is 0 Å². The Hall–Kier alpha value is -1.78. The number of carbonyl (C=O) groups excluding carboxylic acids is 1. The molecule has 0 aliphatic heterocycles. The van der Waals surface area contributed by atoms with Gasteiger partial charge in [0.15, 0.2) is 0 Å². The summed E-state index contributed by atoms with van der Waals surface area (Å²) in [6, 6.07) is 3.17. The number of aromatic nitrogens is 1. The highest BCUT2D eigenvalue weighted by Crippen LogP contribution is 2.15. The molecule has 0 atom stereocenters. The smallest absolute Gasteiger partial charge is 0.267 e. The predicted molar refractivity (Wildman–Crippen MR) is 69.8 cm³/mol. The summed E-state index contributed by atoms with van der Waals surface area (Å²) in [5.41, 5.74) is 11.7. The molecular formula is C12H20N4O. The summed E-state index contributed by atoms with van der Waals surface area (Å²) in [7, 11) is 0. The zero-order chi connectivity index (χ0) is 12.7. The summed E-state index contributed by atoms with van der Waals surface area (Å²) in [5.74, 6) is -0.00293. The largest absolute Gasteiger partial charge is 0.396 e. The Bertz CT molecular complexity index is 379. The lowest BCUT2D eigenvalue weighted by Crippen LogP contribution is -2.15. The Morgan fingerprint density at radius 2 is 2.12 bits per heavy atom. The summed E-state index contributed by atoms with van der Waals surface area (Å²) in [4.78, 5) is 15.0. The first-order valence-corrected chi connectivity index (χ1v) is 5.95. The van der Waals surface area contributed by atoms with Crippen molar-refractivity contribution in [3.05, 3.63) is 17.8 Å². The van der Waals surface area contributed by atoms with Crippen LogP contribution in [0.3, 0.4) is 0 Å². The molecule has 0 aliphatic carbocycles. The Morgan fingerprint density at radius 1 is 1.35 bits per heavy atom. The van der Waals surface area contributed by atoms with Crippen molar-refractivity contribution in [2.75, 3.05) is 17.6 Å². The van der Waals surface area contributed by atoms with E-state index in [9.17, 15) is 4.79 Å². The van der Waals surface area contributed by atoms with Crippen molar-refractivity contribution in [1.82, 2.24) is 4.98 Å². The van der Waals surface area contributed by atoms with Crippen molar-refractivity contribution in [3.8, 4) is 0 Å². The van der Waals surface area contributed by atoms with Gasteiger partial charge in [-0.3, -0.25) is 4.79 Å². The number of nitrogens with zero attached hydrogens (tertiary/aromatic N) is 1. The van der Waals surface area contributed by atoms with Gasteiger partial charge in [-0.1, -0.05) is 26.2 Å². The molecule has 5 nitrogen and oxygen atoms in total. The SMILES string of the molecule is CCCCCCNc1nc(C(N)=O)ccc1N. The third-order valence-corrected chi connectivity index (χ3v) is 2.50. The lowest BCUT2D eigenvalue weighted by Gasteiger charge is -2.08.